The quantitative estimate of drug-likeness (QED) is 0.894. The van der Waals surface area contributed by atoms with E-state index in [9.17, 15) is 9.50 Å². The monoisotopic (exact) mass is 264 g/mol. The molecular formula is C14H17FN2O2. The fourth-order valence-electron chi connectivity index (χ4n) is 1.95. The molecule has 0 saturated heterocycles. The van der Waals surface area contributed by atoms with Crippen LogP contribution in [0.3, 0.4) is 0 Å². The van der Waals surface area contributed by atoms with E-state index in [1.54, 1.807) is 13.2 Å². The molecule has 0 aliphatic carbocycles. The number of hydrogen-bond donors (Lipinski definition) is 1. The summed E-state index contributed by atoms with van der Waals surface area (Å²) >= 11 is 0. The first-order valence-corrected chi connectivity index (χ1v) is 6.04. The van der Waals surface area contributed by atoms with Gasteiger partial charge in [0.1, 0.15) is 11.6 Å². The van der Waals surface area contributed by atoms with Gasteiger partial charge in [-0.2, -0.15) is 0 Å². The van der Waals surface area contributed by atoms with Crippen molar-refractivity contribution in [1.82, 2.24) is 4.98 Å². The number of pyridine rings is 1. The van der Waals surface area contributed by atoms with Crippen LogP contribution >= 0.6 is 0 Å². The van der Waals surface area contributed by atoms with Crippen molar-refractivity contribution in [3.05, 3.63) is 36.1 Å². The summed E-state index contributed by atoms with van der Waals surface area (Å²) in [7, 11) is 3.37. The van der Waals surface area contributed by atoms with Gasteiger partial charge >= 0.3 is 0 Å². The Bertz CT molecular complexity index is 562. The second kappa shape index (κ2) is 5.95. The molecule has 2 aromatic rings. The number of methoxy groups -OCH3 is 1. The average Bonchev–Trinajstić information content (AvgIpc) is 2.38. The average molecular weight is 264 g/mol. The smallest absolute Gasteiger partial charge is 0.129 e. The van der Waals surface area contributed by atoms with E-state index in [1.165, 1.54) is 12.1 Å². The van der Waals surface area contributed by atoms with Gasteiger partial charge in [0, 0.05) is 32.2 Å². The number of benzene rings is 1. The predicted octanol–water partition coefficient (Wildman–Crippen LogP) is 1.82. The molecule has 0 bridgehead atoms. The lowest BCUT2D eigenvalue weighted by atomic mass is 10.2. The number of anilines is 1. The van der Waals surface area contributed by atoms with Crippen LogP contribution in [0.5, 0.6) is 0 Å². The highest BCUT2D eigenvalue weighted by atomic mass is 19.1. The van der Waals surface area contributed by atoms with Crippen molar-refractivity contribution in [3.8, 4) is 0 Å². The van der Waals surface area contributed by atoms with E-state index in [0.717, 1.165) is 5.39 Å². The number of fused-ring (bicyclic) bond motifs is 1. The number of aliphatic hydroxyl groups is 1. The van der Waals surface area contributed by atoms with Gasteiger partial charge in [0.15, 0.2) is 0 Å². The third-order valence-electron chi connectivity index (χ3n) is 2.87. The number of aliphatic hydroxyl groups excluding tert-OH is 1. The van der Waals surface area contributed by atoms with Crippen LogP contribution in [0.2, 0.25) is 0 Å². The zero-order valence-corrected chi connectivity index (χ0v) is 11.0. The second-order valence-electron chi connectivity index (χ2n) is 4.50. The van der Waals surface area contributed by atoms with Crippen molar-refractivity contribution in [2.24, 2.45) is 0 Å². The molecule has 102 valence electrons. The van der Waals surface area contributed by atoms with E-state index in [0.29, 0.717) is 17.9 Å². The number of ether oxygens (including phenoxy) is 1. The Morgan fingerprint density at radius 1 is 1.37 bits per heavy atom. The lowest BCUT2D eigenvalue weighted by Gasteiger charge is -2.21. The maximum Gasteiger partial charge on any atom is 0.129 e. The molecule has 1 atom stereocenters. The lowest BCUT2D eigenvalue weighted by Crippen LogP contribution is -2.32. The second-order valence-corrected chi connectivity index (χ2v) is 4.50. The highest BCUT2D eigenvalue weighted by Gasteiger charge is 2.10. The molecule has 4 nitrogen and oxygen atoms in total. The van der Waals surface area contributed by atoms with Crippen LogP contribution in [0.1, 0.15) is 0 Å². The molecule has 5 heteroatoms. The minimum absolute atomic E-state index is 0.270. The third-order valence-corrected chi connectivity index (χ3v) is 2.87. The van der Waals surface area contributed by atoms with Gasteiger partial charge in [-0.05, 0) is 24.3 Å². The molecule has 19 heavy (non-hydrogen) atoms. The minimum Gasteiger partial charge on any atom is -0.389 e. The normalized spacial score (nSPS) is 12.6. The standard InChI is InChI=1S/C14H17FN2O2/c1-17(8-12(18)9-19-2)14-6-4-10-3-5-11(15)7-13(10)16-14/h3-7,12,18H,8-9H2,1-2H3. The minimum atomic E-state index is -0.583. The Kier molecular flexibility index (Phi) is 4.29. The van der Waals surface area contributed by atoms with Gasteiger partial charge < -0.3 is 14.7 Å². The van der Waals surface area contributed by atoms with Crippen LogP contribution < -0.4 is 4.90 Å². The molecule has 1 aromatic heterocycles. The van der Waals surface area contributed by atoms with Crippen molar-refractivity contribution in [2.45, 2.75) is 6.10 Å². The fraction of sp³-hybridized carbons (Fsp3) is 0.357. The first-order valence-electron chi connectivity index (χ1n) is 6.04. The first kappa shape index (κ1) is 13.7. The fourth-order valence-corrected chi connectivity index (χ4v) is 1.95. The van der Waals surface area contributed by atoms with Gasteiger partial charge in [0.05, 0.1) is 18.2 Å². The Balaban J connectivity index is 2.20. The molecule has 0 fully saturated rings. The number of halogens is 1. The number of rotatable bonds is 5. The molecule has 0 aliphatic rings. The summed E-state index contributed by atoms with van der Waals surface area (Å²) in [6, 6.07) is 8.24. The predicted molar refractivity (Wildman–Crippen MR) is 72.9 cm³/mol. The summed E-state index contributed by atoms with van der Waals surface area (Å²) in [6.07, 6.45) is -0.583. The van der Waals surface area contributed by atoms with Crippen molar-refractivity contribution in [1.29, 1.82) is 0 Å². The molecule has 0 aliphatic heterocycles. The highest BCUT2D eigenvalue weighted by Crippen LogP contribution is 2.18. The van der Waals surface area contributed by atoms with Crippen molar-refractivity contribution >= 4 is 16.7 Å². The topological polar surface area (TPSA) is 45.6 Å². The van der Waals surface area contributed by atoms with Gasteiger partial charge in [-0.25, -0.2) is 9.37 Å². The molecule has 1 N–H and O–H groups in total. The molecule has 1 aromatic carbocycles. The van der Waals surface area contributed by atoms with Gasteiger partial charge in [-0.1, -0.05) is 0 Å². The summed E-state index contributed by atoms with van der Waals surface area (Å²) < 4.78 is 18.0. The zero-order valence-electron chi connectivity index (χ0n) is 11.0. The van der Waals surface area contributed by atoms with Crippen LogP contribution in [0.25, 0.3) is 10.9 Å². The van der Waals surface area contributed by atoms with E-state index in [4.69, 9.17) is 4.74 Å². The Hall–Kier alpha value is -1.72. The van der Waals surface area contributed by atoms with Crippen LogP contribution in [0.4, 0.5) is 10.2 Å². The first-order chi connectivity index (χ1) is 9.10. The van der Waals surface area contributed by atoms with Crippen LogP contribution in [-0.4, -0.2) is 43.5 Å². The number of hydrogen-bond acceptors (Lipinski definition) is 4. The molecule has 1 unspecified atom stereocenters. The molecule has 2 rings (SSSR count). The van der Waals surface area contributed by atoms with Crippen LogP contribution in [0.15, 0.2) is 30.3 Å². The number of nitrogens with zero attached hydrogens (tertiary/aromatic N) is 2. The zero-order chi connectivity index (χ0) is 13.8. The molecule has 0 amide bonds. The van der Waals surface area contributed by atoms with Crippen molar-refractivity contribution < 1.29 is 14.2 Å². The lowest BCUT2D eigenvalue weighted by molar-refractivity contribution is 0.0694. The summed E-state index contributed by atoms with van der Waals surface area (Å²) in [5.41, 5.74) is 0.602. The van der Waals surface area contributed by atoms with Gasteiger partial charge in [0.25, 0.3) is 0 Å². The van der Waals surface area contributed by atoms with E-state index >= 15 is 0 Å². The van der Waals surface area contributed by atoms with E-state index in [1.807, 2.05) is 24.1 Å². The van der Waals surface area contributed by atoms with Gasteiger partial charge in [-0.3, -0.25) is 0 Å². The van der Waals surface area contributed by atoms with Crippen molar-refractivity contribution in [2.75, 3.05) is 32.2 Å². The number of aromatic nitrogens is 1. The SMILES string of the molecule is COCC(O)CN(C)c1ccc2ccc(F)cc2n1. The number of likely N-dealkylation sites (N-methyl/N-ethyl adjacent to an activating group) is 1. The van der Waals surface area contributed by atoms with Crippen molar-refractivity contribution in [3.63, 3.8) is 0 Å². The highest BCUT2D eigenvalue weighted by molar-refractivity contribution is 5.80. The maximum atomic E-state index is 13.2. The van der Waals surface area contributed by atoms with E-state index < -0.39 is 6.10 Å². The molecular weight excluding hydrogens is 247 g/mol. The van der Waals surface area contributed by atoms with Gasteiger partial charge in [0.2, 0.25) is 0 Å². The molecule has 0 radical (unpaired) electrons. The van der Waals surface area contributed by atoms with Crippen LogP contribution in [0, 0.1) is 5.82 Å². The summed E-state index contributed by atoms with van der Waals surface area (Å²) in [5.74, 6) is 0.382. The molecule has 0 spiro atoms. The summed E-state index contributed by atoms with van der Waals surface area (Å²) in [5, 5.41) is 10.6. The van der Waals surface area contributed by atoms with E-state index in [2.05, 4.69) is 4.98 Å². The van der Waals surface area contributed by atoms with Gasteiger partial charge in [-0.15, -0.1) is 0 Å². The third kappa shape index (κ3) is 3.39. The summed E-state index contributed by atoms with van der Waals surface area (Å²) in [4.78, 5) is 6.20. The van der Waals surface area contributed by atoms with E-state index in [-0.39, 0.29) is 12.4 Å². The summed E-state index contributed by atoms with van der Waals surface area (Å²) in [6.45, 7) is 0.675. The molecule has 0 saturated carbocycles. The Labute approximate surface area is 111 Å². The Morgan fingerprint density at radius 2 is 2.11 bits per heavy atom. The van der Waals surface area contributed by atoms with Crippen LogP contribution in [-0.2, 0) is 4.74 Å². The molecule has 1 heterocycles. The largest absolute Gasteiger partial charge is 0.389 e. The maximum absolute atomic E-state index is 13.2. The Morgan fingerprint density at radius 3 is 2.84 bits per heavy atom.